The average Bonchev–Trinajstić information content (AvgIpc) is 3.08. The number of benzene rings is 2. The number of ether oxygens (including phenoxy) is 1. The van der Waals surface area contributed by atoms with Crippen LogP contribution in [0.4, 0.5) is 5.95 Å². The Hall–Kier alpha value is -2.31. The SMILES string of the molecule is CCCn1nnnc1NCc1cc(Cl)c(OCc2ccccc2)c(Cl)c1. The van der Waals surface area contributed by atoms with Gasteiger partial charge in [0.1, 0.15) is 6.61 Å². The van der Waals surface area contributed by atoms with Crippen LogP contribution in [-0.2, 0) is 19.7 Å². The minimum Gasteiger partial charge on any atom is -0.486 e. The molecule has 0 aliphatic heterocycles. The van der Waals surface area contributed by atoms with E-state index in [4.69, 9.17) is 27.9 Å². The van der Waals surface area contributed by atoms with Crippen LogP contribution in [0.25, 0.3) is 0 Å². The van der Waals surface area contributed by atoms with Gasteiger partial charge >= 0.3 is 0 Å². The molecule has 0 unspecified atom stereocenters. The normalized spacial score (nSPS) is 10.7. The second-order valence-corrected chi connectivity index (χ2v) is 6.56. The van der Waals surface area contributed by atoms with Gasteiger partial charge in [0.25, 0.3) is 0 Å². The molecule has 0 saturated carbocycles. The van der Waals surface area contributed by atoms with Crippen molar-refractivity contribution in [3.63, 3.8) is 0 Å². The number of tetrazole rings is 1. The summed E-state index contributed by atoms with van der Waals surface area (Å²) in [6, 6.07) is 13.5. The van der Waals surface area contributed by atoms with Crippen molar-refractivity contribution < 1.29 is 4.74 Å². The molecule has 2 aromatic carbocycles. The first-order chi connectivity index (χ1) is 12.7. The number of aromatic nitrogens is 4. The second kappa shape index (κ2) is 8.87. The van der Waals surface area contributed by atoms with E-state index in [0.29, 0.717) is 34.9 Å². The third-order valence-corrected chi connectivity index (χ3v) is 4.26. The molecule has 1 aromatic heterocycles. The van der Waals surface area contributed by atoms with Gasteiger partial charge in [-0.05, 0) is 40.1 Å². The topological polar surface area (TPSA) is 64.9 Å². The van der Waals surface area contributed by atoms with E-state index >= 15 is 0 Å². The minimum absolute atomic E-state index is 0.406. The van der Waals surface area contributed by atoms with Gasteiger partial charge in [0.15, 0.2) is 5.75 Å². The Morgan fingerprint density at radius 2 is 1.81 bits per heavy atom. The second-order valence-electron chi connectivity index (χ2n) is 5.74. The Balaban J connectivity index is 1.65. The van der Waals surface area contributed by atoms with Crippen molar-refractivity contribution in [3.05, 3.63) is 63.6 Å². The van der Waals surface area contributed by atoms with Crippen LogP contribution in [-0.4, -0.2) is 20.2 Å². The molecule has 0 aliphatic carbocycles. The van der Waals surface area contributed by atoms with E-state index in [9.17, 15) is 0 Å². The highest BCUT2D eigenvalue weighted by molar-refractivity contribution is 6.37. The summed E-state index contributed by atoms with van der Waals surface area (Å²) in [5.41, 5.74) is 1.96. The number of hydrogen-bond acceptors (Lipinski definition) is 5. The van der Waals surface area contributed by atoms with Crippen LogP contribution in [0.15, 0.2) is 42.5 Å². The molecule has 3 rings (SSSR count). The maximum absolute atomic E-state index is 6.36. The van der Waals surface area contributed by atoms with Crippen molar-refractivity contribution >= 4 is 29.2 Å². The Morgan fingerprint density at radius 1 is 1.08 bits per heavy atom. The van der Waals surface area contributed by atoms with Gasteiger partial charge in [-0.25, -0.2) is 4.68 Å². The third kappa shape index (κ3) is 4.65. The molecule has 1 heterocycles. The van der Waals surface area contributed by atoms with Gasteiger partial charge in [-0.1, -0.05) is 65.6 Å². The van der Waals surface area contributed by atoms with E-state index in [-0.39, 0.29) is 0 Å². The van der Waals surface area contributed by atoms with Gasteiger partial charge in [-0.3, -0.25) is 0 Å². The molecule has 6 nitrogen and oxygen atoms in total. The van der Waals surface area contributed by atoms with E-state index in [2.05, 4.69) is 27.8 Å². The Labute approximate surface area is 162 Å². The molecule has 0 aliphatic rings. The molecule has 0 spiro atoms. The van der Waals surface area contributed by atoms with Gasteiger partial charge in [-0.15, -0.1) is 0 Å². The van der Waals surface area contributed by atoms with Crippen LogP contribution in [0.1, 0.15) is 24.5 Å². The lowest BCUT2D eigenvalue weighted by Gasteiger charge is -2.12. The van der Waals surface area contributed by atoms with Crippen LogP contribution < -0.4 is 10.1 Å². The van der Waals surface area contributed by atoms with Crippen LogP contribution in [0.2, 0.25) is 10.0 Å². The van der Waals surface area contributed by atoms with E-state index in [0.717, 1.165) is 24.1 Å². The number of hydrogen-bond donors (Lipinski definition) is 1. The molecule has 26 heavy (non-hydrogen) atoms. The summed E-state index contributed by atoms with van der Waals surface area (Å²) in [6.07, 6.45) is 0.949. The summed E-state index contributed by atoms with van der Waals surface area (Å²) in [7, 11) is 0. The van der Waals surface area contributed by atoms with Crippen molar-refractivity contribution in [3.8, 4) is 5.75 Å². The summed E-state index contributed by atoms with van der Waals surface area (Å²) < 4.78 is 7.51. The highest BCUT2D eigenvalue weighted by Crippen LogP contribution is 2.35. The largest absolute Gasteiger partial charge is 0.486 e. The Morgan fingerprint density at radius 3 is 2.50 bits per heavy atom. The van der Waals surface area contributed by atoms with Crippen LogP contribution >= 0.6 is 23.2 Å². The molecule has 0 atom stereocenters. The first kappa shape index (κ1) is 18.5. The van der Waals surface area contributed by atoms with Crippen LogP contribution in [0, 0.1) is 0 Å². The molecule has 3 aromatic rings. The standard InChI is InChI=1S/C18H19Cl2N5O/c1-2-8-25-18(22-23-24-25)21-11-14-9-15(19)17(16(20)10-14)26-12-13-6-4-3-5-7-13/h3-7,9-10H,2,8,11-12H2,1H3,(H,21,22,24). The Bertz CT molecular complexity index is 831. The van der Waals surface area contributed by atoms with E-state index < -0.39 is 0 Å². The lowest BCUT2D eigenvalue weighted by atomic mass is 10.2. The fourth-order valence-corrected chi connectivity index (χ4v) is 3.10. The number of nitrogens with one attached hydrogen (secondary N) is 1. The van der Waals surface area contributed by atoms with Gasteiger partial charge in [0.2, 0.25) is 5.95 Å². The van der Waals surface area contributed by atoms with Crippen molar-refractivity contribution in [1.82, 2.24) is 20.2 Å². The van der Waals surface area contributed by atoms with E-state index in [1.54, 1.807) is 4.68 Å². The maximum Gasteiger partial charge on any atom is 0.243 e. The quantitative estimate of drug-likeness (QED) is 0.608. The zero-order valence-electron chi connectivity index (χ0n) is 14.3. The predicted octanol–water partition coefficient (Wildman–Crippen LogP) is 4.58. The fraction of sp³-hybridized carbons (Fsp3) is 0.278. The van der Waals surface area contributed by atoms with Crippen LogP contribution in [0.5, 0.6) is 5.75 Å². The first-order valence-electron chi connectivity index (χ1n) is 8.32. The predicted molar refractivity (Wildman–Crippen MR) is 103 cm³/mol. The smallest absolute Gasteiger partial charge is 0.243 e. The number of nitrogens with zero attached hydrogens (tertiary/aromatic N) is 4. The lowest BCUT2D eigenvalue weighted by Crippen LogP contribution is -2.09. The molecule has 1 N–H and O–H groups in total. The van der Waals surface area contributed by atoms with Gasteiger partial charge in [0.05, 0.1) is 10.0 Å². The average molecular weight is 392 g/mol. The van der Waals surface area contributed by atoms with Crippen molar-refractivity contribution in [2.45, 2.75) is 33.0 Å². The third-order valence-electron chi connectivity index (χ3n) is 3.70. The van der Waals surface area contributed by atoms with Crippen molar-refractivity contribution in [2.75, 3.05) is 5.32 Å². The zero-order valence-corrected chi connectivity index (χ0v) is 15.8. The van der Waals surface area contributed by atoms with Crippen molar-refractivity contribution in [1.29, 1.82) is 0 Å². The highest BCUT2D eigenvalue weighted by Gasteiger charge is 2.11. The monoisotopic (exact) mass is 391 g/mol. The highest BCUT2D eigenvalue weighted by atomic mass is 35.5. The summed E-state index contributed by atoms with van der Waals surface area (Å²) >= 11 is 12.7. The van der Waals surface area contributed by atoms with Gasteiger partial charge in [-0.2, -0.15) is 0 Å². The summed E-state index contributed by atoms with van der Waals surface area (Å²) in [5, 5.41) is 15.7. The summed E-state index contributed by atoms with van der Waals surface area (Å²) in [6.45, 7) is 3.73. The van der Waals surface area contributed by atoms with Crippen molar-refractivity contribution in [2.24, 2.45) is 0 Å². The molecule has 0 amide bonds. The minimum atomic E-state index is 0.406. The number of halogens is 2. The maximum atomic E-state index is 6.36. The molecule has 0 saturated heterocycles. The summed E-state index contributed by atoms with van der Waals surface area (Å²) in [4.78, 5) is 0. The lowest BCUT2D eigenvalue weighted by molar-refractivity contribution is 0.306. The number of anilines is 1. The zero-order chi connectivity index (χ0) is 18.4. The Kier molecular flexibility index (Phi) is 6.30. The summed E-state index contributed by atoms with van der Waals surface area (Å²) in [5.74, 6) is 1.10. The first-order valence-corrected chi connectivity index (χ1v) is 9.07. The van der Waals surface area contributed by atoms with Gasteiger partial charge in [0, 0.05) is 13.1 Å². The fourth-order valence-electron chi connectivity index (χ4n) is 2.46. The molecular weight excluding hydrogens is 373 g/mol. The van der Waals surface area contributed by atoms with Crippen LogP contribution in [0.3, 0.4) is 0 Å². The molecule has 0 fully saturated rings. The number of rotatable bonds is 8. The van der Waals surface area contributed by atoms with E-state index in [1.165, 1.54) is 0 Å². The molecule has 0 radical (unpaired) electrons. The molecule has 136 valence electrons. The van der Waals surface area contributed by atoms with Gasteiger partial charge < -0.3 is 10.1 Å². The molecule has 0 bridgehead atoms. The molecular formula is C18H19Cl2N5O. The number of aryl methyl sites for hydroxylation is 1. The molecule has 8 heteroatoms. The van der Waals surface area contributed by atoms with E-state index in [1.807, 2.05) is 42.5 Å².